The maximum Gasteiger partial charge on any atom is 0.236 e. The van der Waals surface area contributed by atoms with E-state index in [1.165, 1.54) is 9.71 Å². The second-order valence-electron chi connectivity index (χ2n) is 4.50. The third-order valence-electron chi connectivity index (χ3n) is 2.91. The maximum atomic E-state index is 12.1. The van der Waals surface area contributed by atoms with E-state index in [-0.39, 0.29) is 0 Å². The molecule has 20 heavy (non-hydrogen) atoms. The largest absolute Gasteiger partial charge is 0.236 e. The van der Waals surface area contributed by atoms with Crippen molar-refractivity contribution < 1.29 is 8.42 Å². The number of hydrogen-bond acceptors (Lipinski definition) is 2. The van der Waals surface area contributed by atoms with Crippen LogP contribution in [0.2, 0.25) is 0 Å². The molecule has 0 saturated carbocycles. The van der Waals surface area contributed by atoms with Gasteiger partial charge in [0.2, 0.25) is 10.0 Å². The monoisotopic (exact) mass is 287 g/mol. The lowest BCUT2D eigenvalue weighted by Gasteiger charge is -2.14. The molecule has 0 bridgehead atoms. The molecule has 0 aliphatic rings. The fourth-order valence-electron chi connectivity index (χ4n) is 1.76. The van der Waals surface area contributed by atoms with Crippen LogP contribution in [0.1, 0.15) is 11.1 Å². The molecule has 0 saturated heterocycles. The first-order chi connectivity index (χ1) is 9.58. The van der Waals surface area contributed by atoms with Crippen LogP contribution in [0.25, 0.3) is 6.08 Å². The van der Waals surface area contributed by atoms with Crippen LogP contribution in [-0.4, -0.2) is 19.8 Å². The van der Waals surface area contributed by atoms with Gasteiger partial charge in [-0.2, -0.15) is 4.31 Å². The van der Waals surface area contributed by atoms with E-state index in [4.69, 9.17) is 0 Å². The highest BCUT2D eigenvalue weighted by molar-refractivity contribution is 7.92. The molecule has 0 N–H and O–H groups in total. The fraction of sp³-hybridized carbons (Fsp3) is 0.125. The highest BCUT2D eigenvalue weighted by Gasteiger charge is 2.14. The summed E-state index contributed by atoms with van der Waals surface area (Å²) in [7, 11) is -1.82. The van der Waals surface area contributed by atoms with Crippen molar-refractivity contribution >= 4 is 16.1 Å². The third-order valence-corrected chi connectivity index (χ3v) is 4.39. The van der Waals surface area contributed by atoms with Crippen LogP contribution in [0.15, 0.2) is 66.1 Å². The molecule has 104 valence electrons. The summed E-state index contributed by atoms with van der Waals surface area (Å²) in [5.74, 6) is 0. The Hall–Kier alpha value is -1.91. The molecule has 0 radical (unpaired) electrons. The van der Waals surface area contributed by atoms with Gasteiger partial charge in [0.05, 0.1) is 0 Å². The lowest BCUT2D eigenvalue weighted by atomic mass is 10.2. The smallest absolute Gasteiger partial charge is 0.208 e. The molecule has 2 aromatic carbocycles. The second kappa shape index (κ2) is 6.50. The zero-order chi connectivity index (χ0) is 14.4. The predicted molar refractivity (Wildman–Crippen MR) is 82.3 cm³/mol. The van der Waals surface area contributed by atoms with Crippen LogP contribution < -0.4 is 0 Å². The zero-order valence-electron chi connectivity index (χ0n) is 11.3. The molecule has 0 spiro atoms. The molecule has 2 aromatic rings. The molecule has 0 amide bonds. The van der Waals surface area contributed by atoms with Crippen molar-refractivity contribution in [1.82, 2.24) is 4.31 Å². The quantitative estimate of drug-likeness (QED) is 0.847. The van der Waals surface area contributed by atoms with Gasteiger partial charge in [-0.3, -0.25) is 0 Å². The van der Waals surface area contributed by atoms with Crippen molar-refractivity contribution in [1.29, 1.82) is 0 Å². The van der Waals surface area contributed by atoms with Gasteiger partial charge in [-0.1, -0.05) is 60.7 Å². The zero-order valence-corrected chi connectivity index (χ0v) is 12.1. The summed E-state index contributed by atoms with van der Waals surface area (Å²) in [4.78, 5) is 0. The summed E-state index contributed by atoms with van der Waals surface area (Å²) < 4.78 is 25.6. The van der Waals surface area contributed by atoms with E-state index in [1.807, 2.05) is 60.7 Å². The standard InChI is InChI=1S/C16H17NO2S/c1-17(14-16-10-6-3-7-11-16)20(18,19)13-12-15-8-4-2-5-9-15/h2-13H,14H2,1H3/b13-12+. The Morgan fingerprint density at radius 1 is 0.950 bits per heavy atom. The van der Waals surface area contributed by atoms with Crippen LogP contribution >= 0.6 is 0 Å². The normalized spacial score (nSPS) is 12.1. The van der Waals surface area contributed by atoms with E-state index in [0.29, 0.717) is 6.54 Å². The minimum absolute atomic E-state index is 0.363. The van der Waals surface area contributed by atoms with Crippen molar-refractivity contribution in [3.8, 4) is 0 Å². The van der Waals surface area contributed by atoms with Crippen LogP contribution in [0.3, 0.4) is 0 Å². The molecular weight excluding hydrogens is 270 g/mol. The summed E-state index contributed by atoms with van der Waals surface area (Å²) in [6.07, 6.45) is 1.61. The number of benzene rings is 2. The van der Waals surface area contributed by atoms with Crippen LogP contribution in [0.4, 0.5) is 0 Å². The van der Waals surface area contributed by atoms with Gasteiger partial charge in [0, 0.05) is 19.0 Å². The first-order valence-electron chi connectivity index (χ1n) is 6.31. The summed E-state index contributed by atoms with van der Waals surface area (Å²) in [5.41, 5.74) is 1.83. The minimum Gasteiger partial charge on any atom is -0.208 e. The lowest BCUT2D eigenvalue weighted by molar-refractivity contribution is 0.475. The van der Waals surface area contributed by atoms with Crippen LogP contribution in [0, 0.1) is 0 Å². The summed E-state index contributed by atoms with van der Waals surface area (Å²) in [5, 5.41) is 1.24. The molecule has 0 aliphatic carbocycles. The van der Waals surface area contributed by atoms with E-state index in [0.717, 1.165) is 11.1 Å². The Labute approximate surface area is 120 Å². The molecule has 0 aliphatic heterocycles. The Kier molecular flexibility index (Phi) is 4.71. The van der Waals surface area contributed by atoms with E-state index >= 15 is 0 Å². The molecule has 0 atom stereocenters. The van der Waals surface area contributed by atoms with Gasteiger partial charge in [0.1, 0.15) is 0 Å². The van der Waals surface area contributed by atoms with Crippen LogP contribution in [-0.2, 0) is 16.6 Å². The van der Waals surface area contributed by atoms with Gasteiger partial charge < -0.3 is 0 Å². The maximum absolute atomic E-state index is 12.1. The van der Waals surface area contributed by atoms with Gasteiger partial charge >= 0.3 is 0 Å². The van der Waals surface area contributed by atoms with E-state index in [9.17, 15) is 8.42 Å². The van der Waals surface area contributed by atoms with Crippen molar-refractivity contribution in [3.05, 3.63) is 77.2 Å². The predicted octanol–water partition coefficient (Wildman–Crippen LogP) is 3.12. The summed E-state index contributed by atoms with van der Waals surface area (Å²) in [6, 6.07) is 18.9. The first-order valence-corrected chi connectivity index (χ1v) is 7.82. The fourth-order valence-corrected chi connectivity index (χ4v) is 2.63. The van der Waals surface area contributed by atoms with Gasteiger partial charge in [-0.15, -0.1) is 0 Å². The molecule has 3 nitrogen and oxygen atoms in total. The number of hydrogen-bond donors (Lipinski definition) is 0. The number of sulfonamides is 1. The third kappa shape index (κ3) is 4.05. The van der Waals surface area contributed by atoms with Gasteiger partial charge in [0.25, 0.3) is 0 Å². The summed E-state index contributed by atoms with van der Waals surface area (Å²) in [6.45, 7) is 0.363. The lowest BCUT2D eigenvalue weighted by Crippen LogP contribution is -2.24. The second-order valence-corrected chi connectivity index (χ2v) is 6.43. The molecule has 0 fully saturated rings. The number of nitrogens with zero attached hydrogens (tertiary/aromatic N) is 1. The van der Waals surface area contributed by atoms with E-state index < -0.39 is 10.0 Å². The Morgan fingerprint density at radius 2 is 1.50 bits per heavy atom. The molecule has 2 rings (SSSR count). The molecule has 4 heteroatoms. The molecule has 0 heterocycles. The highest BCUT2D eigenvalue weighted by atomic mass is 32.2. The SMILES string of the molecule is CN(Cc1ccccc1)S(=O)(=O)/C=C/c1ccccc1. The summed E-state index contributed by atoms with van der Waals surface area (Å²) >= 11 is 0. The van der Waals surface area contributed by atoms with Gasteiger partial charge in [0.15, 0.2) is 0 Å². The highest BCUT2D eigenvalue weighted by Crippen LogP contribution is 2.10. The Bertz CT molecular complexity index is 664. The topological polar surface area (TPSA) is 37.4 Å². The Balaban J connectivity index is 2.08. The van der Waals surface area contributed by atoms with Crippen molar-refractivity contribution in [2.45, 2.75) is 6.54 Å². The van der Waals surface area contributed by atoms with Crippen molar-refractivity contribution in [3.63, 3.8) is 0 Å². The first kappa shape index (κ1) is 14.5. The van der Waals surface area contributed by atoms with Crippen LogP contribution in [0.5, 0.6) is 0 Å². The van der Waals surface area contributed by atoms with E-state index in [2.05, 4.69) is 0 Å². The Morgan fingerprint density at radius 3 is 2.10 bits per heavy atom. The molecule has 0 unspecified atom stereocenters. The molecule has 0 aromatic heterocycles. The van der Waals surface area contributed by atoms with E-state index in [1.54, 1.807) is 13.1 Å². The average Bonchev–Trinajstić information content (AvgIpc) is 2.47. The van der Waals surface area contributed by atoms with Gasteiger partial charge in [-0.05, 0) is 17.2 Å². The molecular formula is C16H17NO2S. The number of rotatable bonds is 5. The minimum atomic E-state index is -3.40. The van der Waals surface area contributed by atoms with Crippen molar-refractivity contribution in [2.75, 3.05) is 7.05 Å². The van der Waals surface area contributed by atoms with Crippen molar-refractivity contribution in [2.24, 2.45) is 0 Å². The van der Waals surface area contributed by atoms with Gasteiger partial charge in [-0.25, -0.2) is 8.42 Å². The average molecular weight is 287 g/mol.